The first kappa shape index (κ1) is 17.2. The predicted octanol–water partition coefficient (Wildman–Crippen LogP) is 4.24. The van der Waals surface area contributed by atoms with Crippen molar-refractivity contribution in [3.63, 3.8) is 0 Å². The summed E-state index contributed by atoms with van der Waals surface area (Å²) in [6.45, 7) is 2.59. The number of hydrogen-bond donors (Lipinski definition) is 1. The molecule has 0 fully saturated rings. The van der Waals surface area contributed by atoms with Crippen molar-refractivity contribution in [2.75, 3.05) is 6.54 Å². The van der Waals surface area contributed by atoms with Gasteiger partial charge in [0.1, 0.15) is 0 Å². The topological polar surface area (TPSA) is 54.9 Å². The second-order valence-electron chi connectivity index (χ2n) is 6.87. The molecule has 2 heterocycles. The minimum Gasteiger partial charge on any atom is -0.352 e. The quantitative estimate of drug-likeness (QED) is 0.688. The molecule has 1 aliphatic carbocycles. The summed E-state index contributed by atoms with van der Waals surface area (Å²) in [4.78, 5) is 23.4. The van der Waals surface area contributed by atoms with Crippen LogP contribution in [0.25, 0.3) is 10.9 Å². The summed E-state index contributed by atoms with van der Waals surface area (Å²) in [6, 6.07) is 9.66. The number of thiazole rings is 1. The Hall–Kier alpha value is -2.27. The molecular weight excluding hydrogens is 342 g/mol. The Morgan fingerprint density at radius 2 is 2.04 bits per heavy atom. The maximum absolute atomic E-state index is 12.6. The smallest absolute Gasteiger partial charge is 0.252 e. The Kier molecular flexibility index (Phi) is 4.98. The Bertz CT molecular complexity index is 924. The van der Waals surface area contributed by atoms with E-state index < -0.39 is 0 Å². The van der Waals surface area contributed by atoms with Gasteiger partial charge in [-0.25, -0.2) is 4.98 Å². The number of nitrogens with one attached hydrogen (secondary N) is 1. The average Bonchev–Trinajstić information content (AvgIpc) is 3.07. The van der Waals surface area contributed by atoms with Crippen molar-refractivity contribution in [1.82, 2.24) is 15.3 Å². The van der Waals surface area contributed by atoms with E-state index in [9.17, 15) is 4.79 Å². The van der Waals surface area contributed by atoms with Gasteiger partial charge < -0.3 is 5.32 Å². The molecule has 5 heteroatoms. The molecule has 4 rings (SSSR count). The van der Waals surface area contributed by atoms with Crippen LogP contribution in [0.1, 0.15) is 50.9 Å². The van der Waals surface area contributed by atoms with E-state index in [4.69, 9.17) is 4.98 Å². The van der Waals surface area contributed by atoms with Crippen molar-refractivity contribution in [3.05, 3.63) is 57.2 Å². The zero-order chi connectivity index (χ0) is 17.9. The van der Waals surface area contributed by atoms with Crippen LogP contribution in [0, 0.1) is 6.92 Å². The molecule has 0 saturated heterocycles. The largest absolute Gasteiger partial charge is 0.352 e. The molecule has 1 amide bonds. The normalized spacial score (nSPS) is 13.6. The summed E-state index contributed by atoms with van der Waals surface area (Å²) in [5.41, 5.74) is 3.75. The number of hydrogen-bond acceptors (Lipinski definition) is 4. The number of benzene rings is 1. The standard InChI is InChI=1S/C21H23N3OS/c1-14-13-16(15-7-2-3-8-17(15)23-14)21(25)22-12-6-11-20-24-18-9-4-5-10-19(18)26-20/h2-3,7-8,13H,4-6,9-12H2,1H3,(H,22,25). The first-order chi connectivity index (χ1) is 12.7. The fourth-order valence-electron chi connectivity index (χ4n) is 3.54. The highest BCUT2D eigenvalue weighted by atomic mass is 32.1. The lowest BCUT2D eigenvalue weighted by Gasteiger charge is -2.08. The van der Waals surface area contributed by atoms with Crippen LogP contribution in [0.3, 0.4) is 0 Å². The zero-order valence-corrected chi connectivity index (χ0v) is 15.9. The SMILES string of the molecule is Cc1cc(C(=O)NCCCc2nc3c(s2)CCCC3)c2ccccc2n1. The first-order valence-corrected chi connectivity index (χ1v) is 10.1. The number of para-hydroxylation sites is 1. The van der Waals surface area contributed by atoms with Crippen molar-refractivity contribution < 1.29 is 4.79 Å². The van der Waals surface area contributed by atoms with Gasteiger partial charge in [0.05, 0.1) is 21.8 Å². The summed E-state index contributed by atoms with van der Waals surface area (Å²) >= 11 is 1.86. The molecule has 4 nitrogen and oxygen atoms in total. The lowest BCUT2D eigenvalue weighted by atomic mass is 10.0. The number of pyridine rings is 1. The van der Waals surface area contributed by atoms with Gasteiger partial charge in [0.25, 0.3) is 5.91 Å². The van der Waals surface area contributed by atoms with Crippen molar-refractivity contribution in [2.24, 2.45) is 0 Å². The van der Waals surface area contributed by atoms with Gasteiger partial charge in [0, 0.05) is 28.9 Å². The Labute approximate surface area is 157 Å². The molecule has 0 aliphatic heterocycles. The Morgan fingerprint density at radius 1 is 1.19 bits per heavy atom. The molecule has 134 valence electrons. The number of carbonyl (C=O) groups is 1. The van der Waals surface area contributed by atoms with E-state index in [0.29, 0.717) is 12.1 Å². The number of aryl methyl sites for hydroxylation is 4. The van der Waals surface area contributed by atoms with Gasteiger partial charge in [-0.3, -0.25) is 9.78 Å². The maximum atomic E-state index is 12.6. The van der Waals surface area contributed by atoms with E-state index in [0.717, 1.165) is 35.9 Å². The average molecular weight is 366 g/mol. The predicted molar refractivity (Wildman–Crippen MR) is 106 cm³/mol. The van der Waals surface area contributed by atoms with Crippen LogP contribution in [0.2, 0.25) is 0 Å². The fourth-order valence-corrected chi connectivity index (χ4v) is 4.74. The van der Waals surface area contributed by atoms with Crippen LogP contribution >= 0.6 is 11.3 Å². The van der Waals surface area contributed by atoms with Gasteiger partial charge in [0.2, 0.25) is 0 Å². The molecule has 1 N–H and O–H groups in total. The summed E-state index contributed by atoms with van der Waals surface area (Å²) in [7, 11) is 0. The molecule has 0 saturated carbocycles. The van der Waals surface area contributed by atoms with Crippen LogP contribution in [0.5, 0.6) is 0 Å². The minimum atomic E-state index is -0.0230. The molecule has 1 aliphatic rings. The zero-order valence-electron chi connectivity index (χ0n) is 15.0. The molecule has 3 aromatic rings. The van der Waals surface area contributed by atoms with Gasteiger partial charge in [-0.2, -0.15) is 0 Å². The third kappa shape index (κ3) is 3.63. The van der Waals surface area contributed by atoms with Crippen LogP contribution in [-0.4, -0.2) is 22.4 Å². The summed E-state index contributed by atoms with van der Waals surface area (Å²) in [5.74, 6) is -0.0230. The van der Waals surface area contributed by atoms with E-state index in [2.05, 4.69) is 10.3 Å². The number of amides is 1. The van der Waals surface area contributed by atoms with E-state index in [-0.39, 0.29) is 5.91 Å². The van der Waals surface area contributed by atoms with Gasteiger partial charge in [-0.1, -0.05) is 18.2 Å². The van der Waals surface area contributed by atoms with Crippen LogP contribution in [0.4, 0.5) is 0 Å². The van der Waals surface area contributed by atoms with Crippen LogP contribution in [0.15, 0.2) is 30.3 Å². The minimum absolute atomic E-state index is 0.0230. The molecule has 0 radical (unpaired) electrons. The number of fused-ring (bicyclic) bond motifs is 2. The molecule has 0 bridgehead atoms. The number of nitrogens with zero attached hydrogens (tertiary/aromatic N) is 2. The molecule has 2 aromatic heterocycles. The molecule has 0 spiro atoms. The molecular formula is C21H23N3OS. The number of rotatable bonds is 5. The Balaban J connectivity index is 1.36. The summed E-state index contributed by atoms with van der Waals surface area (Å²) < 4.78 is 0. The lowest BCUT2D eigenvalue weighted by Crippen LogP contribution is -2.25. The van der Waals surface area contributed by atoms with Gasteiger partial charge >= 0.3 is 0 Å². The van der Waals surface area contributed by atoms with E-state index >= 15 is 0 Å². The highest BCUT2D eigenvalue weighted by molar-refractivity contribution is 7.11. The van der Waals surface area contributed by atoms with Crippen molar-refractivity contribution >= 4 is 28.1 Å². The summed E-state index contributed by atoms with van der Waals surface area (Å²) in [6.07, 6.45) is 6.75. The second-order valence-corrected chi connectivity index (χ2v) is 8.04. The van der Waals surface area contributed by atoms with Crippen molar-refractivity contribution in [3.8, 4) is 0 Å². The highest BCUT2D eigenvalue weighted by Gasteiger charge is 2.15. The van der Waals surface area contributed by atoms with Crippen LogP contribution in [-0.2, 0) is 19.3 Å². The highest BCUT2D eigenvalue weighted by Crippen LogP contribution is 2.27. The first-order valence-electron chi connectivity index (χ1n) is 9.33. The monoisotopic (exact) mass is 365 g/mol. The van der Waals surface area contributed by atoms with E-state index in [1.807, 2.05) is 48.6 Å². The maximum Gasteiger partial charge on any atom is 0.252 e. The molecule has 26 heavy (non-hydrogen) atoms. The summed E-state index contributed by atoms with van der Waals surface area (Å²) in [5, 5.41) is 5.19. The van der Waals surface area contributed by atoms with Crippen molar-refractivity contribution in [2.45, 2.75) is 45.4 Å². The fraction of sp³-hybridized carbons (Fsp3) is 0.381. The third-order valence-electron chi connectivity index (χ3n) is 4.83. The van der Waals surface area contributed by atoms with E-state index in [1.165, 1.54) is 34.8 Å². The van der Waals surface area contributed by atoms with Crippen molar-refractivity contribution in [1.29, 1.82) is 0 Å². The molecule has 1 aromatic carbocycles. The van der Waals surface area contributed by atoms with E-state index in [1.54, 1.807) is 0 Å². The molecule has 0 unspecified atom stereocenters. The number of carbonyl (C=O) groups excluding carboxylic acids is 1. The third-order valence-corrected chi connectivity index (χ3v) is 6.05. The van der Waals surface area contributed by atoms with Gasteiger partial charge in [0.15, 0.2) is 0 Å². The second kappa shape index (κ2) is 7.54. The lowest BCUT2D eigenvalue weighted by molar-refractivity contribution is 0.0954. The van der Waals surface area contributed by atoms with Gasteiger partial charge in [-0.05, 0) is 51.2 Å². The Morgan fingerprint density at radius 3 is 2.92 bits per heavy atom. The molecule has 0 atom stereocenters. The van der Waals surface area contributed by atoms with Crippen LogP contribution < -0.4 is 5.32 Å². The number of aromatic nitrogens is 2. The van der Waals surface area contributed by atoms with Gasteiger partial charge in [-0.15, -0.1) is 11.3 Å².